The van der Waals surface area contributed by atoms with Gasteiger partial charge in [-0.3, -0.25) is 9.59 Å². The lowest BCUT2D eigenvalue weighted by atomic mass is 9.86. The largest absolute Gasteiger partial charge is 0.478 e. The van der Waals surface area contributed by atoms with Gasteiger partial charge in [-0.25, -0.2) is 4.79 Å². The Kier molecular flexibility index (Phi) is 5.57. The lowest BCUT2D eigenvalue weighted by Crippen LogP contribution is -2.11. The monoisotopic (exact) mass is 465 g/mol. The number of aromatic carboxylic acids is 1. The van der Waals surface area contributed by atoms with E-state index in [1.54, 1.807) is 13.0 Å². The van der Waals surface area contributed by atoms with Crippen molar-refractivity contribution in [2.75, 3.05) is 0 Å². The summed E-state index contributed by atoms with van der Waals surface area (Å²) in [7, 11) is 0. The van der Waals surface area contributed by atoms with Crippen LogP contribution in [-0.4, -0.2) is 27.4 Å². The van der Waals surface area contributed by atoms with E-state index in [1.807, 2.05) is 53.1 Å². The number of ether oxygens (including phenoxy) is 1. The van der Waals surface area contributed by atoms with E-state index >= 15 is 0 Å². The van der Waals surface area contributed by atoms with Crippen molar-refractivity contribution < 1.29 is 24.2 Å². The molecule has 6 nitrogen and oxygen atoms in total. The molecule has 1 heterocycles. The molecule has 35 heavy (non-hydrogen) atoms. The second-order valence-corrected chi connectivity index (χ2v) is 8.54. The van der Waals surface area contributed by atoms with Gasteiger partial charge in [0.25, 0.3) is 0 Å². The van der Waals surface area contributed by atoms with E-state index in [0.717, 1.165) is 34.5 Å². The number of benzene rings is 3. The molecule has 0 amide bonds. The number of aryl methyl sites for hydroxylation is 1. The zero-order valence-electron chi connectivity index (χ0n) is 19.4. The second kappa shape index (κ2) is 8.72. The topological polar surface area (TPSA) is 85.6 Å². The average molecular weight is 466 g/mol. The number of hydrogen-bond donors (Lipinski definition) is 1. The number of hydrogen-bond acceptors (Lipinski definition) is 4. The molecule has 1 aliphatic rings. The molecule has 1 N–H and O–H groups in total. The second-order valence-electron chi connectivity index (χ2n) is 8.54. The molecule has 6 heteroatoms. The standard InChI is InChI=1S/C29H23NO5/c1-17(31)26-27-22-11-7-6-8-19(22)12-14-24(27)30(28(26)20-9-4-3-5-10-20)21-13-15-25(35-18(2)32)23(16-21)29(33)34/h3-11,13,15-16H,12,14H2,1-2H3,(H,33,34). The molecule has 0 unspecified atom stereocenters. The van der Waals surface area contributed by atoms with Crippen LogP contribution in [0.1, 0.15) is 45.8 Å². The lowest BCUT2D eigenvalue weighted by molar-refractivity contribution is -0.131. The minimum Gasteiger partial charge on any atom is -0.478 e. The van der Waals surface area contributed by atoms with Crippen molar-refractivity contribution in [3.63, 3.8) is 0 Å². The molecule has 1 aliphatic carbocycles. The van der Waals surface area contributed by atoms with Gasteiger partial charge in [-0.05, 0) is 54.7 Å². The first-order chi connectivity index (χ1) is 16.9. The fourth-order valence-electron chi connectivity index (χ4n) is 4.95. The van der Waals surface area contributed by atoms with Gasteiger partial charge >= 0.3 is 11.9 Å². The van der Waals surface area contributed by atoms with Crippen molar-refractivity contribution in [1.29, 1.82) is 0 Å². The van der Waals surface area contributed by atoms with E-state index in [9.17, 15) is 19.5 Å². The number of fused-ring (bicyclic) bond motifs is 3. The Labute approximate surface area is 202 Å². The Balaban J connectivity index is 1.87. The quantitative estimate of drug-likeness (QED) is 0.231. The number of nitrogens with zero attached hydrogens (tertiary/aromatic N) is 1. The third kappa shape index (κ3) is 3.83. The van der Waals surface area contributed by atoms with E-state index in [0.29, 0.717) is 17.7 Å². The fourth-order valence-corrected chi connectivity index (χ4v) is 4.95. The van der Waals surface area contributed by atoms with Crippen LogP contribution in [0.4, 0.5) is 0 Å². The number of carboxylic acids is 1. The first-order valence-electron chi connectivity index (χ1n) is 11.3. The highest BCUT2D eigenvalue weighted by Crippen LogP contribution is 2.45. The van der Waals surface area contributed by atoms with Crippen LogP contribution in [0.15, 0.2) is 72.8 Å². The molecule has 0 saturated carbocycles. The van der Waals surface area contributed by atoms with Gasteiger partial charge in [-0.1, -0.05) is 54.6 Å². The molecule has 5 rings (SSSR count). The smallest absolute Gasteiger partial charge is 0.339 e. The summed E-state index contributed by atoms with van der Waals surface area (Å²) in [4.78, 5) is 36.7. The maximum atomic E-state index is 13.2. The first kappa shape index (κ1) is 22.3. The van der Waals surface area contributed by atoms with E-state index in [2.05, 4.69) is 6.07 Å². The summed E-state index contributed by atoms with van der Waals surface area (Å²) in [5.74, 6) is -1.89. The highest BCUT2D eigenvalue weighted by atomic mass is 16.5. The molecule has 0 saturated heterocycles. The highest BCUT2D eigenvalue weighted by Gasteiger charge is 2.31. The Hall–Kier alpha value is -4.45. The first-order valence-corrected chi connectivity index (χ1v) is 11.3. The van der Waals surface area contributed by atoms with Crippen molar-refractivity contribution >= 4 is 17.7 Å². The Morgan fingerprint density at radius 2 is 1.60 bits per heavy atom. The summed E-state index contributed by atoms with van der Waals surface area (Å²) in [6.45, 7) is 2.79. The average Bonchev–Trinajstić information content (AvgIpc) is 3.20. The highest BCUT2D eigenvalue weighted by molar-refractivity contribution is 6.08. The third-order valence-corrected chi connectivity index (χ3v) is 6.29. The molecule has 0 atom stereocenters. The number of esters is 1. The van der Waals surface area contributed by atoms with Crippen LogP contribution < -0.4 is 4.74 Å². The van der Waals surface area contributed by atoms with Gasteiger partial charge in [-0.2, -0.15) is 0 Å². The minimum atomic E-state index is -1.21. The summed E-state index contributed by atoms with van der Waals surface area (Å²) in [5, 5.41) is 9.84. The normalized spacial score (nSPS) is 11.9. The lowest BCUT2D eigenvalue weighted by Gasteiger charge is -2.20. The summed E-state index contributed by atoms with van der Waals surface area (Å²) < 4.78 is 7.12. The molecule has 0 aliphatic heterocycles. The zero-order chi connectivity index (χ0) is 24.7. The molecular weight excluding hydrogens is 442 g/mol. The maximum Gasteiger partial charge on any atom is 0.339 e. The van der Waals surface area contributed by atoms with Crippen LogP contribution in [0.3, 0.4) is 0 Å². The maximum absolute atomic E-state index is 13.2. The summed E-state index contributed by atoms with van der Waals surface area (Å²) in [6, 6.07) is 22.4. The van der Waals surface area contributed by atoms with Crippen LogP contribution in [0.25, 0.3) is 28.1 Å². The zero-order valence-corrected chi connectivity index (χ0v) is 19.4. The molecule has 0 bridgehead atoms. The molecule has 0 spiro atoms. The number of Topliss-reactive ketones (excluding diaryl/α,β-unsaturated/α-hetero) is 1. The fraction of sp³-hybridized carbons (Fsp3) is 0.138. The number of carbonyl (C=O) groups excluding carboxylic acids is 2. The van der Waals surface area contributed by atoms with E-state index in [1.165, 1.54) is 24.6 Å². The molecular formula is C29H23NO5. The van der Waals surface area contributed by atoms with Crippen molar-refractivity contribution in [3.8, 4) is 33.8 Å². The van der Waals surface area contributed by atoms with Gasteiger partial charge in [0, 0.05) is 23.9 Å². The van der Waals surface area contributed by atoms with Crippen molar-refractivity contribution in [3.05, 3.63) is 95.2 Å². The number of carboxylic acid groups (broad SMARTS) is 1. The van der Waals surface area contributed by atoms with Gasteiger partial charge in [-0.15, -0.1) is 0 Å². The molecule has 0 radical (unpaired) electrons. The minimum absolute atomic E-state index is 0.0202. The van der Waals surface area contributed by atoms with E-state index in [-0.39, 0.29) is 17.1 Å². The molecule has 1 aromatic heterocycles. The van der Waals surface area contributed by atoms with Gasteiger partial charge in [0.15, 0.2) is 5.78 Å². The summed E-state index contributed by atoms with van der Waals surface area (Å²) in [6.07, 6.45) is 1.49. The van der Waals surface area contributed by atoms with Gasteiger partial charge < -0.3 is 14.4 Å². The number of rotatable bonds is 5. The van der Waals surface area contributed by atoms with Crippen molar-refractivity contribution in [2.24, 2.45) is 0 Å². The Bertz CT molecular complexity index is 1500. The van der Waals surface area contributed by atoms with Gasteiger partial charge in [0.05, 0.1) is 11.3 Å². The van der Waals surface area contributed by atoms with Gasteiger partial charge in [0.2, 0.25) is 0 Å². The third-order valence-electron chi connectivity index (χ3n) is 6.29. The molecule has 4 aromatic rings. The van der Waals surface area contributed by atoms with E-state index in [4.69, 9.17) is 4.74 Å². The predicted octanol–water partition coefficient (Wildman–Crippen LogP) is 5.74. The predicted molar refractivity (Wildman–Crippen MR) is 132 cm³/mol. The number of carbonyl (C=O) groups is 3. The van der Waals surface area contributed by atoms with Crippen LogP contribution in [0, 0.1) is 0 Å². The number of ketones is 1. The number of aromatic nitrogens is 1. The Morgan fingerprint density at radius 3 is 2.29 bits per heavy atom. The van der Waals surface area contributed by atoms with Crippen LogP contribution in [-0.2, 0) is 17.6 Å². The summed E-state index contributed by atoms with van der Waals surface area (Å²) >= 11 is 0. The summed E-state index contributed by atoms with van der Waals surface area (Å²) in [5.41, 5.74) is 6.67. The van der Waals surface area contributed by atoms with Crippen LogP contribution >= 0.6 is 0 Å². The molecule has 174 valence electrons. The van der Waals surface area contributed by atoms with Gasteiger partial charge in [0.1, 0.15) is 11.3 Å². The molecule has 0 fully saturated rings. The van der Waals surface area contributed by atoms with E-state index < -0.39 is 11.9 Å². The van der Waals surface area contributed by atoms with Crippen molar-refractivity contribution in [1.82, 2.24) is 4.57 Å². The van der Waals surface area contributed by atoms with Crippen LogP contribution in [0.2, 0.25) is 0 Å². The van der Waals surface area contributed by atoms with Crippen LogP contribution in [0.5, 0.6) is 5.75 Å². The Morgan fingerprint density at radius 1 is 0.886 bits per heavy atom. The SMILES string of the molecule is CC(=O)Oc1ccc(-n2c3c(c(C(C)=O)c2-c2ccccc2)-c2ccccc2CC3)cc1C(=O)O. The molecule has 3 aromatic carbocycles. The van der Waals surface area contributed by atoms with Crippen molar-refractivity contribution in [2.45, 2.75) is 26.7 Å².